The van der Waals surface area contributed by atoms with Crippen molar-refractivity contribution in [2.24, 2.45) is 0 Å². The number of imidazole rings is 1. The second-order valence-electron chi connectivity index (χ2n) is 5.05. The molecule has 4 heterocycles. The SMILES string of the molecule is Nc1ncnc2c1nc(Br)n2[C@@H]1OC2COP(=O)([O-])O[C@H]2[C@H]1O.[Na+]. The maximum Gasteiger partial charge on any atom is 1.00 e. The second-order valence-corrected chi connectivity index (χ2v) is 7.12. The quantitative estimate of drug-likeness (QED) is 0.262. The molecule has 2 unspecified atom stereocenters. The summed E-state index contributed by atoms with van der Waals surface area (Å²) in [5.74, 6) is 0.169. The molecule has 2 aromatic rings. The Balaban J connectivity index is 0.00000169. The van der Waals surface area contributed by atoms with Crippen LogP contribution in [0.5, 0.6) is 0 Å². The van der Waals surface area contributed by atoms with Gasteiger partial charge in [-0.25, -0.2) is 15.0 Å². The second kappa shape index (κ2) is 6.54. The fourth-order valence-electron chi connectivity index (χ4n) is 2.67. The first-order chi connectivity index (χ1) is 10.9. The number of phosphoric acid groups is 1. The predicted molar refractivity (Wildman–Crippen MR) is 75.8 cm³/mol. The van der Waals surface area contributed by atoms with Gasteiger partial charge >= 0.3 is 29.6 Å². The van der Waals surface area contributed by atoms with Crippen molar-refractivity contribution in [3.05, 3.63) is 11.1 Å². The number of halogens is 1. The number of aliphatic hydroxyl groups excluding tert-OH is 1. The van der Waals surface area contributed by atoms with Gasteiger partial charge in [0.25, 0.3) is 7.82 Å². The van der Waals surface area contributed by atoms with Crippen LogP contribution in [0.4, 0.5) is 5.82 Å². The number of rotatable bonds is 1. The van der Waals surface area contributed by atoms with E-state index in [2.05, 4.69) is 35.4 Å². The van der Waals surface area contributed by atoms with E-state index in [4.69, 9.17) is 15.0 Å². The van der Waals surface area contributed by atoms with Crippen molar-refractivity contribution in [2.75, 3.05) is 12.3 Å². The Morgan fingerprint density at radius 1 is 1.50 bits per heavy atom. The summed E-state index contributed by atoms with van der Waals surface area (Å²) in [6.07, 6.45) is -2.80. The Morgan fingerprint density at radius 3 is 3.00 bits per heavy atom. The molecule has 2 aliphatic rings. The first-order valence-corrected chi connectivity index (χ1v) is 8.74. The van der Waals surface area contributed by atoms with Crippen molar-refractivity contribution < 1.29 is 57.9 Å². The van der Waals surface area contributed by atoms with Crippen LogP contribution in [-0.4, -0.2) is 49.5 Å². The van der Waals surface area contributed by atoms with E-state index in [1.807, 2.05) is 0 Å². The van der Waals surface area contributed by atoms with Crippen LogP contribution < -0.4 is 40.2 Å². The minimum absolute atomic E-state index is 0. The molecule has 0 radical (unpaired) electrons. The summed E-state index contributed by atoms with van der Waals surface area (Å²) >= 11 is 3.25. The van der Waals surface area contributed by atoms with Crippen molar-refractivity contribution >= 4 is 40.7 Å². The van der Waals surface area contributed by atoms with Gasteiger partial charge in [0.15, 0.2) is 27.9 Å². The molecular formula is C10H10BrN5NaO6P. The van der Waals surface area contributed by atoms with Crippen LogP contribution in [0.25, 0.3) is 11.2 Å². The molecule has 3 N–H and O–H groups in total. The molecule has 14 heteroatoms. The maximum atomic E-state index is 11.4. The zero-order valence-electron chi connectivity index (χ0n) is 12.3. The summed E-state index contributed by atoms with van der Waals surface area (Å²) in [7, 11) is -4.44. The largest absolute Gasteiger partial charge is 1.00 e. The number of anilines is 1. The third kappa shape index (κ3) is 2.94. The molecule has 0 bridgehead atoms. The van der Waals surface area contributed by atoms with Gasteiger partial charge in [-0.05, 0) is 15.9 Å². The third-order valence-corrected chi connectivity index (χ3v) is 5.20. The summed E-state index contributed by atoms with van der Waals surface area (Å²) in [4.78, 5) is 23.5. The van der Waals surface area contributed by atoms with E-state index in [1.54, 1.807) is 0 Å². The molecule has 0 spiro atoms. The van der Waals surface area contributed by atoms with E-state index >= 15 is 0 Å². The van der Waals surface area contributed by atoms with Gasteiger partial charge in [-0.2, -0.15) is 0 Å². The normalized spacial score (nSPS) is 35.6. The van der Waals surface area contributed by atoms with Crippen LogP contribution in [0.1, 0.15) is 6.23 Å². The standard InChI is InChI=1S/C10H11BrN5O6P.Na/c11-10-15-4-7(12)13-2-14-8(4)16(10)9-5(17)6-3(21-9)1-20-23(18,19)22-6;/h2-3,5-6,9,17H,1H2,(H,18,19)(H2,12,13,14);/q;+1/p-1/t3?,5-,6-,9-;/m1./s1. The number of nitrogens with zero attached hydrogens (tertiary/aromatic N) is 4. The molecule has 11 nitrogen and oxygen atoms in total. The molecule has 2 aliphatic heterocycles. The molecule has 5 atom stereocenters. The van der Waals surface area contributed by atoms with Crippen molar-refractivity contribution in [3.63, 3.8) is 0 Å². The van der Waals surface area contributed by atoms with Gasteiger partial charge in [-0.1, -0.05) is 0 Å². The zero-order chi connectivity index (χ0) is 16.4. The van der Waals surface area contributed by atoms with Crippen LogP contribution >= 0.6 is 23.8 Å². The zero-order valence-corrected chi connectivity index (χ0v) is 16.8. The van der Waals surface area contributed by atoms with Gasteiger partial charge in [-0.15, -0.1) is 0 Å². The van der Waals surface area contributed by atoms with Crippen molar-refractivity contribution in [2.45, 2.75) is 24.5 Å². The van der Waals surface area contributed by atoms with Gasteiger partial charge in [0.2, 0.25) is 0 Å². The maximum absolute atomic E-state index is 11.4. The van der Waals surface area contributed by atoms with Crippen LogP contribution in [-0.2, 0) is 18.3 Å². The number of fused-ring (bicyclic) bond motifs is 2. The number of hydrogen-bond acceptors (Lipinski definition) is 10. The average Bonchev–Trinajstić information content (AvgIpc) is 2.97. The molecule has 0 aromatic carbocycles. The average molecular weight is 430 g/mol. The smallest absolute Gasteiger partial charge is 0.756 e. The van der Waals surface area contributed by atoms with Crippen LogP contribution in [0.3, 0.4) is 0 Å². The number of hydrogen-bond donors (Lipinski definition) is 2. The van der Waals surface area contributed by atoms with Gasteiger partial charge < -0.3 is 29.5 Å². The summed E-state index contributed by atoms with van der Waals surface area (Å²) in [5.41, 5.74) is 6.41. The number of aliphatic hydroxyl groups is 1. The van der Waals surface area contributed by atoms with Crippen LogP contribution in [0.15, 0.2) is 11.1 Å². The van der Waals surface area contributed by atoms with Gasteiger partial charge in [-0.3, -0.25) is 9.13 Å². The summed E-state index contributed by atoms with van der Waals surface area (Å²) in [6, 6.07) is 0. The number of phosphoric ester groups is 1. The van der Waals surface area contributed by atoms with E-state index < -0.39 is 32.4 Å². The predicted octanol–water partition coefficient (Wildman–Crippen LogP) is -3.68. The summed E-state index contributed by atoms with van der Waals surface area (Å²) < 4.78 is 28.2. The molecule has 2 saturated heterocycles. The monoisotopic (exact) mass is 429 g/mol. The Labute approximate surface area is 165 Å². The molecule has 124 valence electrons. The van der Waals surface area contributed by atoms with Gasteiger partial charge in [0, 0.05) is 0 Å². The van der Waals surface area contributed by atoms with E-state index in [0.29, 0.717) is 15.9 Å². The summed E-state index contributed by atoms with van der Waals surface area (Å²) in [5, 5.41) is 10.4. The fraction of sp³-hybridized carbons (Fsp3) is 0.500. The number of nitrogen functional groups attached to an aromatic ring is 1. The first-order valence-electron chi connectivity index (χ1n) is 6.49. The molecule has 0 saturated carbocycles. The molecule has 4 rings (SSSR count). The van der Waals surface area contributed by atoms with E-state index in [9.17, 15) is 14.6 Å². The van der Waals surface area contributed by atoms with Gasteiger partial charge in [0.05, 0.1) is 6.61 Å². The number of ether oxygens (including phenoxy) is 1. The Bertz CT molecular complexity index is 837. The summed E-state index contributed by atoms with van der Waals surface area (Å²) in [6.45, 7) is -0.236. The minimum Gasteiger partial charge on any atom is -0.756 e. The Kier molecular flexibility index (Phi) is 5.08. The van der Waals surface area contributed by atoms with Crippen LogP contribution in [0.2, 0.25) is 0 Å². The van der Waals surface area contributed by atoms with Crippen molar-refractivity contribution in [1.82, 2.24) is 19.5 Å². The Morgan fingerprint density at radius 2 is 2.25 bits per heavy atom. The molecule has 24 heavy (non-hydrogen) atoms. The number of nitrogens with two attached hydrogens (primary N) is 1. The molecule has 0 aliphatic carbocycles. The minimum atomic E-state index is -4.44. The van der Waals surface area contributed by atoms with Crippen molar-refractivity contribution in [1.29, 1.82) is 0 Å². The molecule has 2 fully saturated rings. The topological polar surface area (TPSA) is 158 Å². The van der Waals surface area contributed by atoms with Crippen LogP contribution in [0, 0.1) is 0 Å². The van der Waals surface area contributed by atoms with Gasteiger partial charge in [0.1, 0.15) is 24.6 Å². The van der Waals surface area contributed by atoms with E-state index in [-0.39, 0.29) is 42.0 Å². The molecule has 0 amide bonds. The first kappa shape index (κ1) is 18.6. The molecule has 2 aromatic heterocycles. The van der Waals surface area contributed by atoms with E-state index in [0.717, 1.165) is 0 Å². The fourth-order valence-corrected chi connectivity index (χ4v) is 4.16. The Hall–Kier alpha value is -0.140. The molecular weight excluding hydrogens is 420 g/mol. The van der Waals surface area contributed by atoms with E-state index in [1.165, 1.54) is 10.9 Å². The third-order valence-electron chi connectivity index (χ3n) is 3.67. The van der Waals surface area contributed by atoms with Crippen molar-refractivity contribution in [3.8, 4) is 0 Å². The number of aromatic nitrogens is 4.